The molecule has 0 bridgehead atoms. The molecule has 0 fully saturated rings. The summed E-state index contributed by atoms with van der Waals surface area (Å²) in [5.74, 6) is 0. The lowest BCUT2D eigenvalue weighted by Gasteiger charge is -2.04. The number of rotatable bonds is 2. The maximum Gasteiger partial charge on any atom is 0.224 e. The van der Waals surface area contributed by atoms with Crippen LogP contribution in [0.1, 0.15) is 0 Å². The molecule has 94 valence electrons. The molecule has 0 atom stereocenters. The Hall–Kier alpha value is -1.17. The van der Waals surface area contributed by atoms with Crippen molar-refractivity contribution in [2.45, 2.75) is 4.90 Å². The van der Waals surface area contributed by atoms with E-state index < -0.39 is 9.84 Å². The van der Waals surface area contributed by atoms with Gasteiger partial charge in [0, 0.05) is 17.9 Å². The minimum atomic E-state index is -3.26. The Balaban J connectivity index is 2.58. The highest BCUT2D eigenvalue weighted by atomic mass is 35.5. The molecule has 1 aromatic carbocycles. The first kappa shape index (κ1) is 13.3. The molecule has 4 nitrogen and oxygen atoms in total. The second-order valence-electron chi connectivity index (χ2n) is 3.64. The minimum absolute atomic E-state index is 0.0160. The molecule has 0 spiro atoms. The molecule has 2 aromatic rings. The fourth-order valence-corrected chi connectivity index (χ4v) is 2.50. The van der Waals surface area contributed by atoms with Crippen molar-refractivity contribution in [2.24, 2.45) is 0 Å². The van der Waals surface area contributed by atoms with E-state index in [0.717, 1.165) is 6.26 Å². The SMILES string of the molecule is CS(=O)(=O)c1cccc(-c2cc(Cl)nc(Cl)n2)c1. The summed E-state index contributed by atoms with van der Waals surface area (Å²) < 4.78 is 22.9. The lowest BCUT2D eigenvalue weighted by atomic mass is 10.1. The summed E-state index contributed by atoms with van der Waals surface area (Å²) in [6.45, 7) is 0. The number of halogens is 2. The number of hydrogen-bond acceptors (Lipinski definition) is 4. The quantitative estimate of drug-likeness (QED) is 0.632. The molecule has 1 aromatic heterocycles. The van der Waals surface area contributed by atoms with Crippen molar-refractivity contribution in [1.29, 1.82) is 0 Å². The molecular weight excluding hydrogens is 295 g/mol. The van der Waals surface area contributed by atoms with E-state index in [4.69, 9.17) is 23.2 Å². The topological polar surface area (TPSA) is 59.9 Å². The Morgan fingerprint density at radius 2 is 1.83 bits per heavy atom. The van der Waals surface area contributed by atoms with E-state index in [-0.39, 0.29) is 15.3 Å². The van der Waals surface area contributed by atoms with Gasteiger partial charge in [-0.05, 0) is 23.7 Å². The first-order valence-electron chi connectivity index (χ1n) is 4.87. The molecule has 0 aliphatic carbocycles. The average Bonchev–Trinajstić information content (AvgIpc) is 2.27. The molecule has 0 unspecified atom stereocenters. The predicted octanol–water partition coefficient (Wildman–Crippen LogP) is 2.85. The van der Waals surface area contributed by atoms with Crippen LogP contribution in [-0.4, -0.2) is 24.6 Å². The molecule has 1 heterocycles. The lowest BCUT2D eigenvalue weighted by molar-refractivity contribution is 0.602. The third-order valence-electron chi connectivity index (χ3n) is 2.23. The summed E-state index contributed by atoms with van der Waals surface area (Å²) >= 11 is 11.5. The summed E-state index contributed by atoms with van der Waals surface area (Å²) in [6.07, 6.45) is 1.14. The zero-order valence-corrected chi connectivity index (χ0v) is 11.6. The highest BCUT2D eigenvalue weighted by molar-refractivity contribution is 7.90. The van der Waals surface area contributed by atoms with Crippen molar-refractivity contribution in [3.8, 4) is 11.3 Å². The summed E-state index contributed by atoms with van der Waals surface area (Å²) in [4.78, 5) is 7.95. The van der Waals surface area contributed by atoms with E-state index in [9.17, 15) is 8.42 Å². The number of nitrogens with zero attached hydrogens (tertiary/aromatic N) is 2. The van der Waals surface area contributed by atoms with Crippen molar-refractivity contribution in [3.63, 3.8) is 0 Å². The molecule has 7 heteroatoms. The zero-order chi connectivity index (χ0) is 13.3. The maximum absolute atomic E-state index is 11.5. The molecular formula is C11H8Cl2N2O2S. The lowest BCUT2D eigenvalue weighted by Crippen LogP contribution is -1.97. The Morgan fingerprint density at radius 3 is 2.44 bits per heavy atom. The van der Waals surface area contributed by atoms with Crippen LogP contribution < -0.4 is 0 Å². The van der Waals surface area contributed by atoms with Gasteiger partial charge in [0.05, 0.1) is 10.6 Å². The van der Waals surface area contributed by atoms with E-state index in [1.54, 1.807) is 12.1 Å². The van der Waals surface area contributed by atoms with Crippen LogP contribution in [0, 0.1) is 0 Å². The van der Waals surface area contributed by atoms with Crippen molar-refractivity contribution >= 4 is 33.0 Å². The van der Waals surface area contributed by atoms with Gasteiger partial charge in [0.25, 0.3) is 0 Å². The van der Waals surface area contributed by atoms with Gasteiger partial charge in [0.15, 0.2) is 9.84 Å². The van der Waals surface area contributed by atoms with E-state index >= 15 is 0 Å². The molecule has 0 saturated heterocycles. The number of sulfone groups is 1. The monoisotopic (exact) mass is 302 g/mol. The predicted molar refractivity (Wildman–Crippen MR) is 70.6 cm³/mol. The van der Waals surface area contributed by atoms with Gasteiger partial charge >= 0.3 is 0 Å². The summed E-state index contributed by atoms with van der Waals surface area (Å²) in [5.41, 5.74) is 1.09. The van der Waals surface area contributed by atoms with Crippen molar-refractivity contribution in [2.75, 3.05) is 6.26 Å². The summed E-state index contributed by atoms with van der Waals surface area (Å²) in [7, 11) is -3.26. The Morgan fingerprint density at radius 1 is 1.11 bits per heavy atom. The molecule has 0 aliphatic heterocycles. The molecule has 0 amide bonds. The summed E-state index contributed by atoms with van der Waals surface area (Å²) in [5, 5.41) is 0.219. The van der Waals surface area contributed by atoms with Crippen LogP contribution in [0.25, 0.3) is 11.3 Å². The smallest absolute Gasteiger partial charge is 0.224 e. The van der Waals surface area contributed by atoms with E-state index in [1.807, 2.05) is 0 Å². The maximum atomic E-state index is 11.5. The Labute approximate surface area is 115 Å². The second kappa shape index (κ2) is 4.84. The average molecular weight is 303 g/mol. The molecule has 0 N–H and O–H groups in total. The van der Waals surface area contributed by atoms with Crippen molar-refractivity contribution < 1.29 is 8.42 Å². The first-order chi connectivity index (χ1) is 8.36. The molecule has 0 radical (unpaired) electrons. The van der Waals surface area contributed by atoms with E-state index in [0.29, 0.717) is 11.3 Å². The minimum Gasteiger partial charge on any atom is -0.224 e. The Kier molecular flexibility index (Phi) is 3.56. The number of benzene rings is 1. The van der Waals surface area contributed by atoms with Crippen LogP contribution in [0.2, 0.25) is 10.4 Å². The summed E-state index contributed by atoms with van der Waals surface area (Å²) in [6, 6.07) is 7.92. The van der Waals surface area contributed by atoms with Crippen LogP contribution in [-0.2, 0) is 9.84 Å². The van der Waals surface area contributed by atoms with Crippen LogP contribution in [0.15, 0.2) is 35.2 Å². The van der Waals surface area contributed by atoms with Crippen LogP contribution in [0.5, 0.6) is 0 Å². The fraction of sp³-hybridized carbons (Fsp3) is 0.0909. The van der Waals surface area contributed by atoms with Gasteiger partial charge in [-0.25, -0.2) is 18.4 Å². The van der Waals surface area contributed by atoms with Crippen LogP contribution in [0.3, 0.4) is 0 Å². The van der Waals surface area contributed by atoms with Gasteiger partial charge in [-0.1, -0.05) is 23.7 Å². The molecule has 2 rings (SSSR count). The third-order valence-corrected chi connectivity index (χ3v) is 3.70. The van der Waals surface area contributed by atoms with Gasteiger partial charge in [-0.15, -0.1) is 0 Å². The second-order valence-corrected chi connectivity index (χ2v) is 6.39. The van der Waals surface area contributed by atoms with E-state index in [1.165, 1.54) is 18.2 Å². The van der Waals surface area contributed by atoms with Crippen LogP contribution >= 0.6 is 23.2 Å². The van der Waals surface area contributed by atoms with Gasteiger partial charge < -0.3 is 0 Å². The Bertz CT molecular complexity index is 682. The molecule has 0 aliphatic rings. The first-order valence-corrected chi connectivity index (χ1v) is 7.51. The highest BCUT2D eigenvalue weighted by Gasteiger charge is 2.10. The highest BCUT2D eigenvalue weighted by Crippen LogP contribution is 2.23. The largest absolute Gasteiger partial charge is 0.224 e. The zero-order valence-electron chi connectivity index (χ0n) is 9.26. The standard InChI is InChI=1S/C11H8Cl2N2O2S/c1-18(16,17)8-4-2-3-7(5-8)9-6-10(12)15-11(13)14-9/h2-6H,1H3. The van der Waals surface area contributed by atoms with Gasteiger partial charge in [-0.2, -0.15) is 0 Å². The molecule has 0 saturated carbocycles. The number of hydrogen-bond donors (Lipinski definition) is 0. The fourth-order valence-electron chi connectivity index (χ4n) is 1.42. The van der Waals surface area contributed by atoms with E-state index in [2.05, 4.69) is 9.97 Å². The van der Waals surface area contributed by atoms with Gasteiger partial charge in [0.2, 0.25) is 5.28 Å². The van der Waals surface area contributed by atoms with Crippen molar-refractivity contribution in [1.82, 2.24) is 9.97 Å². The van der Waals surface area contributed by atoms with Crippen LogP contribution in [0.4, 0.5) is 0 Å². The van der Waals surface area contributed by atoms with Gasteiger partial charge in [0.1, 0.15) is 5.15 Å². The number of aromatic nitrogens is 2. The van der Waals surface area contributed by atoms with Gasteiger partial charge in [-0.3, -0.25) is 0 Å². The molecule has 18 heavy (non-hydrogen) atoms. The van der Waals surface area contributed by atoms with Crippen molar-refractivity contribution in [3.05, 3.63) is 40.8 Å². The third kappa shape index (κ3) is 2.98. The normalized spacial score (nSPS) is 11.5.